The van der Waals surface area contributed by atoms with E-state index in [0.29, 0.717) is 5.92 Å². The summed E-state index contributed by atoms with van der Waals surface area (Å²) in [7, 11) is 2.18. The van der Waals surface area contributed by atoms with Gasteiger partial charge in [0.1, 0.15) is 18.5 Å². The van der Waals surface area contributed by atoms with Gasteiger partial charge in [0, 0.05) is 16.5 Å². The van der Waals surface area contributed by atoms with Crippen molar-refractivity contribution in [1.82, 2.24) is 0 Å². The molecule has 2 heterocycles. The molecule has 1 aliphatic carbocycles. The van der Waals surface area contributed by atoms with Crippen LogP contribution in [0.5, 0.6) is 11.5 Å². The molecule has 0 bridgehead atoms. The quantitative estimate of drug-likeness (QED) is 0.275. The number of aromatic nitrogens is 1. The van der Waals surface area contributed by atoms with E-state index < -0.39 is 0 Å². The maximum Gasteiger partial charge on any atom is 0.228 e. The predicted molar refractivity (Wildman–Crippen MR) is 124 cm³/mol. The fourth-order valence-electron chi connectivity index (χ4n) is 5.94. The van der Waals surface area contributed by atoms with Crippen molar-refractivity contribution in [3.8, 4) is 22.8 Å². The summed E-state index contributed by atoms with van der Waals surface area (Å²) in [5.74, 6) is 2.74. The van der Waals surface area contributed by atoms with Crippen molar-refractivity contribution in [2.75, 3.05) is 0 Å². The molecule has 3 aromatic carbocycles. The number of hydrogen-bond acceptors (Lipinski definition) is 1. The number of benzene rings is 3. The zero-order chi connectivity index (χ0) is 20.6. The SMILES string of the molecule is Cc1c2c(c(C)c3ccccc13)-c1c3c(cc(C4CCCC4)cc3c(C)c[n+]1C)O2. The maximum atomic E-state index is 6.77. The van der Waals surface area contributed by atoms with Gasteiger partial charge in [-0.1, -0.05) is 37.1 Å². The van der Waals surface area contributed by atoms with Crippen molar-refractivity contribution in [3.05, 3.63) is 64.8 Å². The molecule has 0 saturated heterocycles. The summed E-state index contributed by atoms with van der Waals surface area (Å²) >= 11 is 0. The molecule has 6 rings (SSSR count). The van der Waals surface area contributed by atoms with Crippen molar-refractivity contribution < 1.29 is 9.30 Å². The molecule has 1 aliphatic heterocycles. The highest BCUT2D eigenvalue weighted by Crippen LogP contribution is 2.51. The van der Waals surface area contributed by atoms with E-state index in [1.54, 1.807) is 0 Å². The summed E-state index contributed by atoms with van der Waals surface area (Å²) in [6, 6.07) is 13.5. The molecule has 4 aromatic rings. The first kappa shape index (κ1) is 17.9. The van der Waals surface area contributed by atoms with Crippen LogP contribution in [0.15, 0.2) is 42.6 Å². The molecule has 2 heteroatoms. The van der Waals surface area contributed by atoms with Crippen LogP contribution in [-0.4, -0.2) is 0 Å². The second-order valence-electron chi connectivity index (χ2n) is 9.30. The van der Waals surface area contributed by atoms with Gasteiger partial charge >= 0.3 is 0 Å². The van der Waals surface area contributed by atoms with Gasteiger partial charge in [0.05, 0.1) is 10.9 Å². The Morgan fingerprint density at radius 1 is 0.900 bits per heavy atom. The third-order valence-corrected chi connectivity index (χ3v) is 7.48. The lowest BCUT2D eigenvalue weighted by Gasteiger charge is -2.25. The largest absolute Gasteiger partial charge is 0.455 e. The van der Waals surface area contributed by atoms with E-state index in [9.17, 15) is 0 Å². The van der Waals surface area contributed by atoms with E-state index in [1.807, 2.05) is 0 Å². The van der Waals surface area contributed by atoms with E-state index in [2.05, 4.69) is 75.0 Å². The molecular formula is C28H28NO+. The van der Waals surface area contributed by atoms with Crippen LogP contribution in [0.4, 0.5) is 0 Å². The van der Waals surface area contributed by atoms with Crippen LogP contribution < -0.4 is 9.30 Å². The van der Waals surface area contributed by atoms with Crippen LogP contribution in [0.2, 0.25) is 0 Å². The van der Waals surface area contributed by atoms with Crippen LogP contribution in [0.1, 0.15) is 53.9 Å². The number of aryl methyl sites for hydroxylation is 4. The second-order valence-corrected chi connectivity index (χ2v) is 9.30. The standard InChI is InChI=1S/C28H28NO/c1-16-15-29(4)27-25-17(2)21-11-7-8-12-22(21)18(3)28(25)30-24-14-20(13-23(16)26(24)27)19-9-5-6-10-19/h7-8,11-15,19H,5-6,9-10H2,1-4H3/q+1. The lowest BCUT2D eigenvalue weighted by Crippen LogP contribution is -2.33. The summed E-state index contributed by atoms with van der Waals surface area (Å²) in [5.41, 5.74) is 7.85. The summed E-state index contributed by atoms with van der Waals surface area (Å²) < 4.78 is 9.07. The summed E-state index contributed by atoms with van der Waals surface area (Å²) in [6.45, 7) is 6.68. The van der Waals surface area contributed by atoms with Gasteiger partial charge < -0.3 is 4.74 Å². The first-order valence-electron chi connectivity index (χ1n) is 11.2. The molecule has 1 fully saturated rings. The smallest absolute Gasteiger partial charge is 0.228 e. The minimum atomic E-state index is 0.673. The Labute approximate surface area is 178 Å². The highest BCUT2D eigenvalue weighted by molar-refractivity contribution is 6.07. The fraction of sp³-hybridized carbons (Fsp3) is 0.321. The monoisotopic (exact) mass is 394 g/mol. The Morgan fingerprint density at radius 2 is 1.60 bits per heavy atom. The summed E-state index contributed by atoms with van der Waals surface area (Å²) in [5, 5.41) is 5.22. The average Bonchev–Trinajstić information content (AvgIpc) is 3.29. The molecule has 30 heavy (non-hydrogen) atoms. The third kappa shape index (κ3) is 2.34. The van der Waals surface area contributed by atoms with E-state index in [0.717, 1.165) is 11.5 Å². The molecular weight excluding hydrogens is 366 g/mol. The summed E-state index contributed by atoms with van der Waals surface area (Å²) in [6.07, 6.45) is 7.59. The molecule has 150 valence electrons. The summed E-state index contributed by atoms with van der Waals surface area (Å²) in [4.78, 5) is 0. The Kier molecular flexibility index (Phi) is 3.78. The van der Waals surface area contributed by atoms with Gasteiger partial charge in [0.25, 0.3) is 0 Å². The second kappa shape index (κ2) is 6.31. The molecule has 0 unspecified atom stereocenters. The number of nitrogens with zero attached hydrogens (tertiary/aromatic N) is 1. The molecule has 1 saturated carbocycles. The fourth-order valence-corrected chi connectivity index (χ4v) is 5.94. The normalized spacial score (nSPS) is 15.6. The minimum Gasteiger partial charge on any atom is -0.455 e. The van der Waals surface area contributed by atoms with E-state index in [1.165, 1.54) is 80.7 Å². The maximum absolute atomic E-state index is 6.77. The molecule has 0 N–H and O–H groups in total. The Bertz CT molecular complexity index is 1360. The van der Waals surface area contributed by atoms with Gasteiger partial charge in [0.15, 0.2) is 6.20 Å². The van der Waals surface area contributed by atoms with Crippen molar-refractivity contribution in [3.63, 3.8) is 0 Å². The highest BCUT2D eigenvalue weighted by Gasteiger charge is 2.33. The van der Waals surface area contributed by atoms with Gasteiger partial charge in [-0.15, -0.1) is 0 Å². The number of fused-ring (bicyclic) bond motifs is 3. The van der Waals surface area contributed by atoms with Crippen LogP contribution in [0.3, 0.4) is 0 Å². The molecule has 0 radical (unpaired) electrons. The third-order valence-electron chi connectivity index (χ3n) is 7.48. The average molecular weight is 395 g/mol. The molecule has 0 amide bonds. The first-order valence-corrected chi connectivity index (χ1v) is 11.2. The van der Waals surface area contributed by atoms with Gasteiger partial charge in [-0.05, 0) is 73.6 Å². The topological polar surface area (TPSA) is 13.1 Å². The molecule has 2 nitrogen and oxygen atoms in total. The Hall–Kier alpha value is -2.87. The van der Waals surface area contributed by atoms with Crippen LogP contribution in [-0.2, 0) is 7.05 Å². The van der Waals surface area contributed by atoms with Gasteiger partial charge in [-0.3, -0.25) is 0 Å². The van der Waals surface area contributed by atoms with E-state index >= 15 is 0 Å². The lowest BCUT2D eigenvalue weighted by molar-refractivity contribution is -0.659. The van der Waals surface area contributed by atoms with Crippen LogP contribution in [0, 0.1) is 20.8 Å². The van der Waals surface area contributed by atoms with Crippen LogP contribution in [0.25, 0.3) is 32.8 Å². The van der Waals surface area contributed by atoms with Crippen molar-refractivity contribution in [2.45, 2.75) is 52.4 Å². The van der Waals surface area contributed by atoms with Crippen molar-refractivity contribution in [1.29, 1.82) is 0 Å². The number of pyridine rings is 1. The minimum absolute atomic E-state index is 0.673. The Morgan fingerprint density at radius 3 is 2.33 bits per heavy atom. The van der Waals surface area contributed by atoms with Gasteiger partial charge in [-0.2, -0.15) is 4.57 Å². The molecule has 0 spiro atoms. The van der Waals surface area contributed by atoms with E-state index in [-0.39, 0.29) is 0 Å². The molecule has 1 aromatic heterocycles. The van der Waals surface area contributed by atoms with Crippen molar-refractivity contribution >= 4 is 21.5 Å². The highest BCUT2D eigenvalue weighted by atomic mass is 16.5. The zero-order valence-corrected chi connectivity index (χ0v) is 18.3. The van der Waals surface area contributed by atoms with Gasteiger partial charge in [-0.25, -0.2) is 0 Å². The number of hydrogen-bond donors (Lipinski definition) is 0. The van der Waals surface area contributed by atoms with Crippen LogP contribution >= 0.6 is 0 Å². The number of ether oxygens (including phenoxy) is 1. The van der Waals surface area contributed by atoms with E-state index in [4.69, 9.17) is 4.74 Å². The lowest BCUT2D eigenvalue weighted by atomic mass is 9.87. The van der Waals surface area contributed by atoms with Crippen molar-refractivity contribution in [2.24, 2.45) is 7.05 Å². The zero-order valence-electron chi connectivity index (χ0n) is 18.3. The predicted octanol–water partition coefficient (Wildman–Crippen LogP) is 7.17. The molecule has 0 atom stereocenters. The number of rotatable bonds is 1. The molecule has 2 aliphatic rings. The first-order chi connectivity index (χ1) is 14.5. The van der Waals surface area contributed by atoms with Gasteiger partial charge in [0.2, 0.25) is 5.69 Å². The Balaban J connectivity index is 1.75.